The van der Waals surface area contributed by atoms with Gasteiger partial charge in [-0.2, -0.15) is 0 Å². The molecule has 0 atom stereocenters. The number of aromatic nitrogens is 2. The summed E-state index contributed by atoms with van der Waals surface area (Å²) in [7, 11) is 0. The van der Waals surface area contributed by atoms with E-state index in [9.17, 15) is 4.79 Å². The Balaban J connectivity index is 2.15. The molecule has 2 aromatic rings. The minimum atomic E-state index is 0.126. The second-order valence-corrected chi connectivity index (χ2v) is 7.68. The van der Waals surface area contributed by atoms with Gasteiger partial charge in [-0.3, -0.25) is 4.79 Å². The molecule has 0 N–H and O–H groups in total. The summed E-state index contributed by atoms with van der Waals surface area (Å²) in [5.41, 5.74) is 2.09. The normalized spacial score (nSPS) is 12.0. The predicted octanol–water partition coefficient (Wildman–Crippen LogP) is 3.70. The maximum Gasteiger partial charge on any atom is 0.150 e. The highest BCUT2D eigenvalue weighted by Crippen LogP contribution is 2.23. The minimum Gasteiger partial charge on any atom is -0.328 e. The first kappa shape index (κ1) is 15.1. The highest BCUT2D eigenvalue weighted by molar-refractivity contribution is 8.01. The van der Waals surface area contributed by atoms with Crippen LogP contribution < -0.4 is 0 Å². The van der Waals surface area contributed by atoms with Crippen molar-refractivity contribution in [2.24, 2.45) is 0 Å². The zero-order chi connectivity index (χ0) is 14.8. The quantitative estimate of drug-likeness (QED) is 0.842. The van der Waals surface area contributed by atoms with Crippen LogP contribution in [0.15, 0.2) is 24.3 Å². The van der Waals surface area contributed by atoms with E-state index >= 15 is 0 Å². The number of thioether (sulfide) groups is 1. The van der Waals surface area contributed by atoms with Crippen LogP contribution in [-0.4, -0.2) is 25.8 Å². The Kier molecular flexibility index (Phi) is 4.53. The van der Waals surface area contributed by atoms with Gasteiger partial charge in [-0.25, -0.2) is 4.98 Å². The van der Waals surface area contributed by atoms with Crippen molar-refractivity contribution in [3.63, 3.8) is 0 Å². The van der Waals surface area contributed by atoms with Crippen molar-refractivity contribution >= 4 is 28.6 Å². The van der Waals surface area contributed by atoms with E-state index in [4.69, 9.17) is 0 Å². The lowest BCUT2D eigenvalue weighted by molar-refractivity contribution is -0.116. The van der Waals surface area contributed by atoms with Gasteiger partial charge in [-0.05, 0) is 19.1 Å². The van der Waals surface area contributed by atoms with Crippen molar-refractivity contribution in [2.45, 2.75) is 45.4 Å². The lowest BCUT2D eigenvalue weighted by atomic mass is 10.3. The van der Waals surface area contributed by atoms with Crippen molar-refractivity contribution in [3.05, 3.63) is 30.1 Å². The molecule has 0 unspecified atom stereocenters. The predicted molar refractivity (Wildman–Crippen MR) is 86.3 cm³/mol. The molecule has 0 aliphatic carbocycles. The van der Waals surface area contributed by atoms with Gasteiger partial charge in [0.25, 0.3) is 0 Å². The van der Waals surface area contributed by atoms with Crippen molar-refractivity contribution in [1.29, 1.82) is 0 Å². The number of nitrogens with zero attached hydrogens (tertiary/aromatic N) is 2. The van der Waals surface area contributed by atoms with E-state index in [0.717, 1.165) is 23.4 Å². The molecule has 2 rings (SSSR count). The number of para-hydroxylation sites is 2. The topological polar surface area (TPSA) is 34.9 Å². The fourth-order valence-corrected chi connectivity index (χ4v) is 2.83. The van der Waals surface area contributed by atoms with Gasteiger partial charge in [-0.15, -0.1) is 11.8 Å². The molecule has 0 aliphatic heterocycles. The molecule has 20 heavy (non-hydrogen) atoms. The Morgan fingerprint density at radius 3 is 2.65 bits per heavy atom. The first-order valence-corrected chi connectivity index (χ1v) is 7.99. The summed E-state index contributed by atoms with van der Waals surface area (Å²) >= 11 is 1.69. The fraction of sp³-hybridized carbons (Fsp3) is 0.500. The Hall–Kier alpha value is -1.29. The van der Waals surface area contributed by atoms with E-state index in [-0.39, 0.29) is 10.5 Å². The van der Waals surface area contributed by atoms with Gasteiger partial charge in [0, 0.05) is 11.3 Å². The average Bonchev–Trinajstić information content (AvgIpc) is 2.72. The minimum absolute atomic E-state index is 0.126. The Morgan fingerprint density at radius 1 is 1.30 bits per heavy atom. The van der Waals surface area contributed by atoms with Crippen molar-refractivity contribution < 1.29 is 4.79 Å². The molecule has 0 bridgehead atoms. The van der Waals surface area contributed by atoms with Gasteiger partial charge >= 0.3 is 0 Å². The van der Waals surface area contributed by atoms with Crippen LogP contribution in [0.3, 0.4) is 0 Å². The highest BCUT2D eigenvalue weighted by Gasteiger charge is 2.16. The molecule has 0 spiro atoms. The van der Waals surface area contributed by atoms with Crippen LogP contribution in [0.1, 0.15) is 33.5 Å². The van der Waals surface area contributed by atoms with Crippen LogP contribution >= 0.6 is 11.8 Å². The molecule has 1 heterocycles. The smallest absolute Gasteiger partial charge is 0.150 e. The van der Waals surface area contributed by atoms with E-state index in [1.807, 2.05) is 18.2 Å². The lowest BCUT2D eigenvalue weighted by Gasteiger charge is -2.16. The molecular weight excluding hydrogens is 268 g/mol. The third-order valence-corrected chi connectivity index (χ3v) is 4.40. The van der Waals surface area contributed by atoms with Gasteiger partial charge in [0.2, 0.25) is 0 Å². The number of Topliss-reactive ketones (excluding diaryl/α,β-unsaturated/α-hetero) is 1. The van der Waals surface area contributed by atoms with E-state index in [2.05, 4.69) is 43.3 Å². The Bertz CT molecular complexity index is 610. The van der Waals surface area contributed by atoms with Crippen LogP contribution in [0.25, 0.3) is 11.0 Å². The Morgan fingerprint density at radius 2 is 2.00 bits per heavy atom. The first-order chi connectivity index (χ1) is 9.40. The molecule has 0 aliphatic rings. The van der Waals surface area contributed by atoms with Crippen LogP contribution in [0.2, 0.25) is 0 Å². The summed E-state index contributed by atoms with van der Waals surface area (Å²) in [6, 6.07) is 8.05. The summed E-state index contributed by atoms with van der Waals surface area (Å²) < 4.78 is 2.26. The number of benzene rings is 1. The number of carbonyl (C=O) groups excluding carboxylic acids is 1. The van der Waals surface area contributed by atoms with Crippen molar-refractivity contribution in [2.75, 3.05) is 5.75 Å². The molecular formula is C16H22N2OS. The summed E-state index contributed by atoms with van der Waals surface area (Å²) in [5, 5.41) is 0. The van der Waals surface area contributed by atoms with Crippen molar-refractivity contribution in [3.8, 4) is 0 Å². The molecule has 108 valence electrons. The molecule has 0 fully saturated rings. The van der Waals surface area contributed by atoms with Crippen molar-refractivity contribution in [1.82, 2.24) is 9.55 Å². The van der Waals surface area contributed by atoms with Gasteiger partial charge in [0.1, 0.15) is 11.6 Å². The summed E-state index contributed by atoms with van der Waals surface area (Å²) in [4.78, 5) is 16.7. The molecule has 0 saturated carbocycles. The number of rotatable bonds is 5. The number of ketones is 1. The SMILES string of the molecule is CCn1c(CC(=O)CSC(C)(C)C)nc2ccccc21. The van der Waals surface area contributed by atoms with E-state index in [1.165, 1.54) is 0 Å². The molecule has 3 nitrogen and oxygen atoms in total. The van der Waals surface area contributed by atoms with Crippen LogP contribution in [0.4, 0.5) is 0 Å². The number of hydrogen-bond acceptors (Lipinski definition) is 3. The molecule has 0 saturated heterocycles. The number of hydrogen-bond donors (Lipinski definition) is 0. The summed E-state index contributed by atoms with van der Waals surface area (Å²) in [6.07, 6.45) is 0.422. The van der Waals surface area contributed by atoms with E-state index < -0.39 is 0 Å². The molecule has 0 amide bonds. The standard InChI is InChI=1S/C16H22N2OS/c1-5-18-14-9-7-6-8-13(14)17-15(18)10-12(19)11-20-16(2,3)4/h6-9H,5,10-11H2,1-4H3. The fourth-order valence-electron chi connectivity index (χ4n) is 2.14. The second kappa shape index (κ2) is 6.00. The summed E-state index contributed by atoms with van der Waals surface area (Å²) in [6.45, 7) is 9.33. The third-order valence-electron chi connectivity index (χ3n) is 3.07. The van der Waals surface area contributed by atoms with Crippen LogP contribution in [0.5, 0.6) is 0 Å². The number of aryl methyl sites for hydroxylation is 1. The average molecular weight is 290 g/mol. The van der Waals surface area contributed by atoms with Crippen LogP contribution in [-0.2, 0) is 17.8 Å². The maximum absolute atomic E-state index is 12.1. The van der Waals surface area contributed by atoms with Gasteiger partial charge in [0.15, 0.2) is 0 Å². The lowest BCUT2D eigenvalue weighted by Crippen LogP contribution is -2.16. The number of carbonyl (C=O) groups is 1. The van der Waals surface area contributed by atoms with Gasteiger partial charge < -0.3 is 4.57 Å². The number of imidazole rings is 1. The highest BCUT2D eigenvalue weighted by atomic mass is 32.2. The molecule has 4 heteroatoms. The van der Waals surface area contributed by atoms with Gasteiger partial charge in [-0.1, -0.05) is 32.9 Å². The molecule has 1 aromatic carbocycles. The summed E-state index contributed by atoms with van der Waals surface area (Å²) in [5.74, 6) is 1.68. The van der Waals surface area contributed by atoms with E-state index in [0.29, 0.717) is 12.2 Å². The largest absolute Gasteiger partial charge is 0.328 e. The monoisotopic (exact) mass is 290 g/mol. The molecule has 0 radical (unpaired) electrons. The zero-order valence-electron chi connectivity index (χ0n) is 12.6. The first-order valence-electron chi connectivity index (χ1n) is 7.00. The van der Waals surface area contributed by atoms with Crippen LogP contribution in [0, 0.1) is 0 Å². The number of fused-ring (bicyclic) bond motifs is 1. The third kappa shape index (κ3) is 3.63. The molecule has 1 aromatic heterocycles. The van der Waals surface area contributed by atoms with E-state index in [1.54, 1.807) is 11.8 Å². The van der Waals surface area contributed by atoms with Gasteiger partial charge in [0.05, 0.1) is 23.2 Å². The Labute approximate surface area is 124 Å². The second-order valence-electron chi connectivity index (χ2n) is 5.88. The maximum atomic E-state index is 12.1. The zero-order valence-corrected chi connectivity index (χ0v) is 13.5.